The van der Waals surface area contributed by atoms with Crippen molar-refractivity contribution in [2.24, 2.45) is 5.73 Å². The summed E-state index contributed by atoms with van der Waals surface area (Å²) in [7, 11) is 0. The summed E-state index contributed by atoms with van der Waals surface area (Å²) in [6.07, 6.45) is 0. The molecule has 0 unspecified atom stereocenters. The Balaban J connectivity index is 0.000000640. The SMILES string of the molecule is NCc1cc[c]cc1.[Hg]. The van der Waals surface area contributed by atoms with Crippen LogP contribution in [-0.2, 0) is 34.2 Å². The first-order valence-electron chi connectivity index (χ1n) is 2.58. The monoisotopic (exact) mass is 308 g/mol. The molecule has 0 aliphatic rings. The van der Waals surface area contributed by atoms with Gasteiger partial charge in [-0.05, 0) is 11.6 Å². The average molecular weight is 307 g/mol. The third kappa shape index (κ3) is 2.97. The fraction of sp³-hybridized carbons (Fsp3) is 0.143. The van der Waals surface area contributed by atoms with Gasteiger partial charge in [0.15, 0.2) is 0 Å². The molecule has 0 spiro atoms. The number of hydrogen-bond donors (Lipinski definition) is 1. The Morgan fingerprint density at radius 1 is 1.33 bits per heavy atom. The van der Waals surface area contributed by atoms with Crippen LogP contribution in [0, 0.1) is 6.07 Å². The maximum Gasteiger partial charge on any atom is 0.0178 e. The summed E-state index contributed by atoms with van der Waals surface area (Å²) in [6.45, 7) is 0.620. The second kappa shape index (κ2) is 4.94. The molecule has 0 atom stereocenters. The van der Waals surface area contributed by atoms with E-state index in [-0.39, 0.29) is 27.7 Å². The van der Waals surface area contributed by atoms with Crippen molar-refractivity contribution in [2.75, 3.05) is 0 Å². The first kappa shape index (κ1) is 9.12. The third-order valence-electron chi connectivity index (χ3n) is 1.02. The number of hydrogen-bond acceptors (Lipinski definition) is 1. The van der Waals surface area contributed by atoms with E-state index in [0.29, 0.717) is 6.54 Å². The van der Waals surface area contributed by atoms with E-state index in [9.17, 15) is 0 Å². The Labute approximate surface area is 75.8 Å². The van der Waals surface area contributed by atoms with E-state index in [1.807, 2.05) is 24.3 Å². The molecule has 2 heteroatoms. The van der Waals surface area contributed by atoms with Crippen molar-refractivity contribution >= 4 is 0 Å². The second-order valence-corrected chi connectivity index (χ2v) is 1.61. The second-order valence-electron chi connectivity index (χ2n) is 1.61. The zero-order valence-corrected chi connectivity index (χ0v) is 10.8. The van der Waals surface area contributed by atoms with E-state index in [1.54, 1.807) is 0 Å². The molecule has 43 valence electrons. The first-order chi connectivity index (χ1) is 3.93. The molecule has 1 nitrogen and oxygen atoms in total. The number of nitrogens with two attached hydrogens (primary N) is 1. The van der Waals surface area contributed by atoms with Gasteiger partial charge in [-0.3, -0.25) is 0 Å². The fourth-order valence-corrected chi connectivity index (χ4v) is 0.557. The van der Waals surface area contributed by atoms with Gasteiger partial charge in [0, 0.05) is 34.2 Å². The van der Waals surface area contributed by atoms with Gasteiger partial charge in [0.05, 0.1) is 0 Å². The van der Waals surface area contributed by atoms with Crippen molar-refractivity contribution in [3.63, 3.8) is 0 Å². The molecule has 1 rings (SSSR count). The largest absolute Gasteiger partial charge is 0.326 e. The molecule has 2 N–H and O–H groups in total. The van der Waals surface area contributed by atoms with E-state index in [1.165, 1.54) is 0 Å². The molecule has 0 saturated heterocycles. The van der Waals surface area contributed by atoms with Gasteiger partial charge in [-0.2, -0.15) is 0 Å². The molecule has 1 aromatic carbocycles. The van der Waals surface area contributed by atoms with Crippen LogP contribution in [-0.4, -0.2) is 0 Å². The van der Waals surface area contributed by atoms with Crippen molar-refractivity contribution in [2.45, 2.75) is 6.54 Å². The fourth-order valence-electron chi connectivity index (χ4n) is 0.557. The minimum absolute atomic E-state index is 0. The summed E-state index contributed by atoms with van der Waals surface area (Å²) in [5.74, 6) is 0. The number of rotatable bonds is 1. The molecule has 1 radical (unpaired) electrons. The Hall–Kier alpha value is 0.115. The predicted octanol–water partition coefficient (Wildman–Crippen LogP) is 0.943. The molecule has 0 heterocycles. The Kier molecular flexibility index (Phi) is 5.01. The van der Waals surface area contributed by atoms with Gasteiger partial charge < -0.3 is 5.73 Å². The average Bonchev–Trinajstić information content (AvgIpc) is 1.90. The van der Waals surface area contributed by atoms with E-state index >= 15 is 0 Å². The Morgan fingerprint density at radius 2 is 1.89 bits per heavy atom. The summed E-state index contributed by atoms with van der Waals surface area (Å²) < 4.78 is 0. The smallest absolute Gasteiger partial charge is 0.0178 e. The standard InChI is InChI=1S/C7H8N.Hg/c8-6-7-4-2-1-3-5-7;/h2-5H,6,8H2;. The van der Waals surface area contributed by atoms with Crippen molar-refractivity contribution < 1.29 is 27.7 Å². The zero-order valence-electron chi connectivity index (χ0n) is 5.30. The zero-order chi connectivity index (χ0) is 5.82. The maximum atomic E-state index is 5.34. The molecule has 0 aromatic heterocycles. The van der Waals surface area contributed by atoms with Crippen molar-refractivity contribution in [3.05, 3.63) is 35.9 Å². The normalized spacial score (nSPS) is 8.11. The van der Waals surface area contributed by atoms with Gasteiger partial charge in [-0.1, -0.05) is 24.3 Å². The van der Waals surface area contributed by atoms with Crippen LogP contribution in [0.1, 0.15) is 5.56 Å². The van der Waals surface area contributed by atoms with Crippen LogP contribution in [0.5, 0.6) is 0 Å². The Morgan fingerprint density at radius 3 is 2.22 bits per heavy atom. The molecule has 0 bridgehead atoms. The molecular formula is C7H8HgN. The van der Waals surface area contributed by atoms with Gasteiger partial charge in [0.2, 0.25) is 0 Å². The van der Waals surface area contributed by atoms with Crippen molar-refractivity contribution in [3.8, 4) is 0 Å². The van der Waals surface area contributed by atoms with E-state index in [0.717, 1.165) is 5.56 Å². The molecule has 1 aromatic rings. The molecule has 0 aliphatic carbocycles. The summed E-state index contributed by atoms with van der Waals surface area (Å²) in [5, 5.41) is 0. The topological polar surface area (TPSA) is 26.0 Å². The summed E-state index contributed by atoms with van der Waals surface area (Å²) in [6, 6.07) is 10.6. The van der Waals surface area contributed by atoms with E-state index in [4.69, 9.17) is 5.73 Å². The molecular weight excluding hydrogens is 299 g/mol. The minimum Gasteiger partial charge on any atom is -0.326 e. The summed E-state index contributed by atoms with van der Waals surface area (Å²) in [4.78, 5) is 0. The van der Waals surface area contributed by atoms with Gasteiger partial charge in [-0.25, -0.2) is 0 Å². The van der Waals surface area contributed by atoms with E-state index < -0.39 is 0 Å². The number of benzene rings is 1. The molecule has 0 fully saturated rings. The van der Waals surface area contributed by atoms with Gasteiger partial charge in [-0.15, -0.1) is 0 Å². The molecule has 0 aliphatic heterocycles. The van der Waals surface area contributed by atoms with Crippen molar-refractivity contribution in [1.82, 2.24) is 0 Å². The van der Waals surface area contributed by atoms with Crippen LogP contribution in [0.25, 0.3) is 0 Å². The van der Waals surface area contributed by atoms with Crippen LogP contribution in [0.15, 0.2) is 24.3 Å². The van der Waals surface area contributed by atoms with Crippen LogP contribution in [0.3, 0.4) is 0 Å². The molecule has 0 amide bonds. The predicted molar refractivity (Wildman–Crippen MR) is 33.2 cm³/mol. The minimum atomic E-state index is 0. The van der Waals surface area contributed by atoms with Crippen LogP contribution in [0.4, 0.5) is 0 Å². The molecule has 9 heavy (non-hydrogen) atoms. The summed E-state index contributed by atoms with van der Waals surface area (Å²) in [5.41, 5.74) is 6.49. The van der Waals surface area contributed by atoms with Crippen LogP contribution < -0.4 is 5.73 Å². The van der Waals surface area contributed by atoms with Crippen molar-refractivity contribution in [1.29, 1.82) is 0 Å². The molecule has 0 saturated carbocycles. The first-order valence-corrected chi connectivity index (χ1v) is 2.58. The van der Waals surface area contributed by atoms with Crippen LogP contribution in [0.2, 0.25) is 0 Å². The van der Waals surface area contributed by atoms with Gasteiger partial charge >= 0.3 is 0 Å². The maximum absolute atomic E-state index is 5.34. The van der Waals surface area contributed by atoms with E-state index in [2.05, 4.69) is 6.07 Å². The van der Waals surface area contributed by atoms with Crippen LogP contribution >= 0.6 is 0 Å². The van der Waals surface area contributed by atoms with Gasteiger partial charge in [0.25, 0.3) is 0 Å². The van der Waals surface area contributed by atoms with Gasteiger partial charge in [0.1, 0.15) is 0 Å². The Bertz CT molecular complexity index is 150. The quantitative estimate of drug-likeness (QED) is 0.768. The summed E-state index contributed by atoms with van der Waals surface area (Å²) >= 11 is 0. The third-order valence-corrected chi connectivity index (χ3v) is 1.02.